The van der Waals surface area contributed by atoms with E-state index in [9.17, 15) is 4.79 Å². The summed E-state index contributed by atoms with van der Waals surface area (Å²) in [6.07, 6.45) is 0.0249. The maximum atomic E-state index is 11.7. The van der Waals surface area contributed by atoms with Crippen molar-refractivity contribution in [3.63, 3.8) is 0 Å². The van der Waals surface area contributed by atoms with Gasteiger partial charge in [0, 0.05) is 25.7 Å². The number of ether oxygens (including phenoxy) is 1. The molecule has 15 heavy (non-hydrogen) atoms. The van der Waals surface area contributed by atoms with Crippen molar-refractivity contribution in [1.82, 2.24) is 10.2 Å². The van der Waals surface area contributed by atoms with Crippen LogP contribution in [-0.4, -0.2) is 48.8 Å². The molecule has 0 radical (unpaired) electrons. The third-order valence-corrected chi connectivity index (χ3v) is 2.29. The highest BCUT2D eigenvalue weighted by Crippen LogP contribution is 2.10. The number of rotatable bonds is 2. The first-order valence-electron chi connectivity index (χ1n) is 5.44. The van der Waals surface area contributed by atoms with Crippen molar-refractivity contribution in [2.75, 3.05) is 19.6 Å². The summed E-state index contributed by atoms with van der Waals surface area (Å²) < 4.78 is 5.57. The lowest BCUT2D eigenvalue weighted by atomic mass is 10.2. The maximum Gasteiger partial charge on any atom is 0.317 e. The molecule has 0 aromatic carbocycles. The number of nitrogens with zero attached hydrogens (tertiary/aromatic N) is 1. The lowest BCUT2D eigenvalue weighted by Crippen LogP contribution is -2.55. The number of hydrogen-bond acceptors (Lipinski definition) is 3. The van der Waals surface area contributed by atoms with Gasteiger partial charge < -0.3 is 20.7 Å². The van der Waals surface area contributed by atoms with Crippen LogP contribution in [0.25, 0.3) is 0 Å². The Hall–Kier alpha value is -0.810. The molecular formula is C10H21N3O2. The van der Waals surface area contributed by atoms with E-state index in [-0.39, 0.29) is 24.3 Å². The van der Waals surface area contributed by atoms with Gasteiger partial charge in [0.25, 0.3) is 0 Å². The highest BCUT2D eigenvalue weighted by molar-refractivity contribution is 5.74. The molecular weight excluding hydrogens is 194 g/mol. The lowest BCUT2D eigenvalue weighted by Gasteiger charge is -2.36. The Balaban J connectivity index is 2.50. The number of amides is 2. The number of carbonyl (C=O) groups excluding carboxylic acids is 1. The standard InChI is InChI=1S/C10H21N3O2/c1-7(2)12-10(14)13-5-8(3)15-9(4-11)6-13/h7-9H,4-6,11H2,1-3H3,(H,12,14). The second-order valence-corrected chi connectivity index (χ2v) is 4.31. The Kier molecular flexibility index (Phi) is 4.35. The summed E-state index contributed by atoms with van der Waals surface area (Å²) in [5, 5.41) is 2.87. The quantitative estimate of drug-likeness (QED) is 0.689. The Labute approximate surface area is 90.9 Å². The minimum atomic E-state index is -0.0355. The van der Waals surface area contributed by atoms with E-state index in [1.807, 2.05) is 20.8 Å². The molecule has 2 atom stereocenters. The Morgan fingerprint density at radius 2 is 2.27 bits per heavy atom. The summed E-state index contributed by atoms with van der Waals surface area (Å²) in [7, 11) is 0. The van der Waals surface area contributed by atoms with Crippen molar-refractivity contribution in [3.05, 3.63) is 0 Å². The average Bonchev–Trinajstić information content (AvgIpc) is 2.15. The van der Waals surface area contributed by atoms with E-state index in [0.29, 0.717) is 19.6 Å². The van der Waals surface area contributed by atoms with Gasteiger partial charge in [-0.25, -0.2) is 4.79 Å². The van der Waals surface area contributed by atoms with Gasteiger partial charge in [0.1, 0.15) is 0 Å². The summed E-state index contributed by atoms with van der Waals surface area (Å²) in [5.41, 5.74) is 5.55. The van der Waals surface area contributed by atoms with Crippen molar-refractivity contribution in [3.8, 4) is 0 Å². The molecule has 0 saturated carbocycles. The topological polar surface area (TPSA) is 67.6 Å². The van der Waals surface area contributed by atoms with Crippen LogP contribution in [0.5, 0.6) is 0 Å². The molecule has 5 nitrogen and oxygen atoms in total. The molecule has 0 aromatic heterocycles. The molecule has 1 aliphatic rings. The highest BCUT2D eigenvalue weighted by atomic mass is 16.5. The van der Waals surface area contributed by atoms with Gasteiger partial charge >= 0.3 is 6.03 Å². The minimum absolute atomic E-state index is 0.0291. The summed E-state index contributed by atoms with van der Waals surface area (Å²) >= 11 is 0. The van der Waals surface area contributed by atoms with Crippen molar-refractivity contribution in [2.45, 2.75) is 39.0 Å². The molecule has 1 heterocycles. The number of carbonyl (C=O) groups is 1. The fraction of sp³-hybridized carbons (Fsp3) is 0.900. The van der Waals surface area contributed by atoms with Gasteiger partial charge in [0.2, 0.25) is 0 Å². The van der Waals surface area contributed by atoms with Crippen LogP contribution in [0.2, 0.25) is 0 Å². The molecule has 88 valence electrons. The van der Waals surface area contributed by atoms with Gasteiger partial charge in [0.15, 0.2) is 0 Å². The van der Waals surface area contributed by atoms with Gasteiger partial charge in [-0.1, -0.05) is 0 Å². The zero-order valence-electron chi connectivity index (χ0n) is 9.69. The molecule has 1 fully saturated rings. The second kappa shape index (κ2) is 5.32. The Morgan fingerprint density at radius 3 is 2.80 bits per heavy atom. The van der Waals surface area contributed by atoms with Gasteiger partial charge in [-0.2, -0.15) is 0 Å². The summed E-state index contributed by atoms with van der Waals surface area (Å²) in [6, 6.07) is 0.130. The van der Waals surface area contributed by atoms with Crippen molar-refractivity contribution in [2.24, 2.45) is 5.73 Å². The average molecular weight is 215 g/mol. The monoisotopic (exact) mass is 215 g/mol. The molecule has 2 unspecified atom stereocenters. The van der Waals surface area contributed by atoms with Crippen LogP contribution < -0.4 is 11.1 Å². The third kappa shape index (κ3) is 3.68. The molecule has 0 aromatic rings. The van der Waals surface area contributed by atoms with Crippen LogP contribution in [0.1, 0.15) is 20.8 Å². The van der Waals surface area contributed by atoms with Crippen LogP contribution in [-0.2, 0) is 4.74 Å². The van der Waals surface area contributed by atoms with E-state index < -0.39 is 0 Å². The largest absolute Gasteiger partial charge is 0.370 e. The van der Waals surface area contributed by atoms with Crippen LogP contribution in [0, 0.1) is 0 Å². The van der Waals surface area contributed by atoms with Gasteiger partial charge in [-0.3, -0.25) is 0 Å². The molecule has 2 amide bonds. The zero-order valence-corrected chi connectivity index (χ0v) is 9.69. The number of morpholine rings is 1. The van der Waals surface area contributed by atoms with Gasteiger partial charge in [0.05, 0.1) is 12.2 Å². The fourth-order valence-electron chi connectivity index (χ4n) is 1.68. The van der Waals surface area contributed by atoms with Crippen LogP contribution in [0.3, 0.4) is 0 Å². The summed E-state index contributed by atoms with van der Waals surface area (Å²) in [5.74, 6) is 0. The van der Waals surface area contributed by atoms with E-state index in [0.717, 1.165) is 0 Å². The summed E-state index contributed by atoms with van der Waals surface area (Å²) in [6.45, 7) is 7.52. The van der Waals surface area contributed by atoms with E-state index >= 15 is 0 Å². The van der Waals surface area contributed by atoms with Gasteiger partial charge in [-0.05, 0) is 20.8 Å². The zero-order chi connectivity index (χ0) is 11.4. The normalized spacial score (nSPS) is 26.9. The van der Waals surface area contributed by atoms with Crippen molar-refractivity contribution < 1.29 is 9.53 Å². The number of urea groups is 1. The number of nitrogens with one attached hydrogen (secondary N) is 1. The van der Waals surface area contributed by atoms with Crippen LogP contribution >= 0.6 is 0 Å². The van der Waals surface area contributed by atoms with Gasteiger partial charge in [-0.15, -0.1) is 0 Å². The first-order chi connectivity index (χ1) is 7.02. The van der Waals surface area contributed by atoms with E-state index in [1.54, 1.807) is 4.90 Å². The molecule has 1 rings (SSSR count). The molecule has 5 heteroatoms. The second-order valence-electron chi connectivity index (χ2n) is 4.31. The minimum Gasteiger partial charge on any atom is -0.370 e. The summed E-state index contributed by atoms with van der Waals surface area (Å²) in [4.78, 5) is 13.5. The highest BCUT2D eigenvalue weighted by Gasteiger charge is 2.27. The smallest absolute Gasteiger partial charge is 0.317 e. The molecule has 0 bridgehead atoms. The Bertz CT molecular complexity index is 221. The van der Waals surface area contributed by atoms with Crippen LogP contribution in [0.15, 0.2) is 0 Å². The van der Waals surface area contributed by atoms with E-state index in [2.05, 4.69) is 5.32 Å². The number of hydrogen-bond donors (Lipinski definition) is 2. The van der Waals surface area contributed by atoms with Crippen molar-refractivity contribution >= 4 is 6.03 Å². The number of nitrogens with two attached hydrogens (primary N) is 1. The van der Waals surface area contributed by atoms with Crippen LogP contribution in [0.4, 0.5) is 4.79 Å². The van der Waals surface area contributed by atoms with E-state index in [4.69, 9.17) is 10.5 Å². The van der Waals surface area contributed by atoms with E-state index in [1.165, 1.54) is 0 Å². The molecule has 1 saturated heterocycles. The SMILES string of the molecule is CC(C)NC(=O)N1CC(C)OC(CN)C1. The fourth-order valence-corrected chi connectivity index (χ4v) is 1.68. The lowest BCUT2D eigenvalue weighted by molar-refractivity contribution is -0.0589. The molecule has 0 spiro atoms. The molecule has 3 N–H and O–H groups in total. The van der Waals surface area contributed by atoms with Crippen molar-refractivity contribution in [1.29, 1.82) is 0 Å². The predicted octanol–water partition coefficient (Wildman–Crippen LogP) is 0.152. The molecule has 0 aliphatic carbocycles. The predicted molar refractivity (Wildman–Crippen MR) is 58.6 cm³/mol. The first-order valence-corrected chi connectivity index (χ1v) is 5.44. The third-order valence-electron chi connectivity index (χ3n) is 2.29. The maximum absolute atomic E-state index is 11.7. The molecule has 1 aliphatic heterocycles. The Morgan fingerprint density at radius 1 is 1.60 bits per heavy atom. The first kappa shape index (κ1) is 12.3.